The lowest BCUT2D eigenvalue weighted by Crippen LogP contribution is -2.24. The number of nitrogens with two attached hydrogens (primary N) is 1. The van der Waals surface area contributed by atoms with Gasteiger partial charge in [-0.3, -0.25) is 0 Å². The monoisotopic (exact) mass is 267 g/mol. The Morgan fingerprint density at radius 1 is 0.895 bits per heavy atom. The van der Waals surface area contributed by atoms with Crippen molar-refractivity contribution in [3.63, 3.8) is 0 Å². The van der Waals surface area contributed by atoms with Crippen molar-refractivity contribution in [1.82, 2.24) is 0 Å². The van der Waals surface area contributed by atoms with Crippen LogP contribution in [0, 0.1) is 11.3 Å². The van der Waals surface area contributed by atoms with E-state index in [4.69, 9.17) is 5.73 Å². The quantitative estimate of drug-likeness (QED) is 0.445. The molecular weight excluding hydrogens is 230 g/mol. The van der Waals surface area contributed by atoms with E-state index in [-0.39, 0.29) is 0 Å². The lowest BCUT2D eigenvalue weighted by atomic mass is 9.71. The molecule has 0 radical (unpaired) electrons. The van der Waals surface area contributed by atoms with Gasteiger partial charge in [-0.05, 0) is 43.4 Å². The average molecular weight is 268 g/mol. The Labute approximate surface area is 121 Å². The van der Waals surface area contributed by atoms with E-state index in [1.807, 2.05) is 0 Å². The molecule has 1 saturated carbocycles. The summed E-state index contributed by atoms with van der Waals surface area (Å²) in [5.41, 5.74) is 6.64. The zero-order valence-corrected chi connectivity index (χ0v) is 13.7. The van der Waals surface area contributed by atoms with Crippen molar-refractivity contribution in [3.8, 4) is 0 Å². The highest BCUT2D eigenvalue weighted by atomic mass is 14.6. The first kappa shape index (κ1) is 17.0. The molecule has 0 aromatic heterocycles. The Kier molecular flexibility index (Phi) is 8.06. The van der Waals surface area contributed by atoms with Crippen LogP contribution in [0.4, 0.5) is 0 Å². The van der Waals surface area contributed by atoms with Gasteiger partial charge in [0, 0.05) is 6.04 Å². The standard InChI is InChI=1S/C18H37N/c1-4-5-6-7-8-9-15-18(2,3)16-11-10-12-17(19)14-13-16/h16-17H,4-15,19H2,1-3H3. The molecule has 0 aromatic rings. The summed E-state index contributed by atoms with van der Waals surface area (Å²) in [6.45, 7) is 7.29. The van der Waals surface area contributed by atoms with E-state index >= 15 is 0 Å². The molecule has 0 heterocycles. The van der Waals surface area contributed by atoms with Gasteiger partial charge in [-0.2, -0.15) is 0 Å². The molecule has 2 atom stereocenters. The van der Waals surface area contributed by atoms with Gasteiger partial charge in [-0.15, -0.1) is 0 Å². The van der Waals surface area contributed by atoms with Gasteiger partial charge in [0.1, 0.15) is 0 Å². The maximum atomic E-state index is 6.11. The normalized spacial score (nSPS) is 25.3. The Morgan fingerprint density at radius 3 is 2.32 bits per heavy atom. The molecule has 0 amide bonds. The van der Waals surface area contributed by atoms with Crippen LogP contribution in [0.5, 0.6) is 0 Å². The van der Waals surface area contributed by atoms with Crippen LogP contribution in [-0.4, -0.2) is 6.04 Å². The Hall–Kier alpha value is -0.0400. The molecule has 0 bridgehead atoms. The van der Waals surface area contributed by atoms with Gasteiger partial charge in [0.05, 0.1) is 0 Å². The van der Waals surface area contributed by atoms with Crippen molar-refractivity contribution in [3.05, 3.63) is 0 Å². The molecule has 2 unspecified atom stereocenters. The highest BCUT2D eigenvalue weighted by molar-refractivity contribution is 4.82. The van der Waals surface area contributed by atoms with E-state index in [9.17, 15) is 0 Å². The van der Waals surface area contributed by atoms with Crippen LogP contribution in [-0.2, 0) is 0 Å². The molecule has 0 aromatic carbocycles. The fourth-order valence-corrected chi connectivity index (χ4v) is 3.68. The largest absolute Gasteiger partial charge is 0.328 e. The minimum absolute atomic E-state index is 0.481. The van der Waals surface area contributed by atoms with Gasteiger partial charge in [0.2, 0.25) is 0 Å². The van der Waals surface area contributed by atoms with Crippen molar-refractivity contribution >= 4 is 0 Å². The molecule has 1 rings (SSSR count). The van der Waals surface area contributed by atoms with Crippen LogP contribution in [0.3, 0.4) is 0 Å². The summed E-state index contributed by atoms with van der Waals surface area (Å²) in [6, 6.07) is 0.481. The van der Waals surface area contributed by atoms with Gasteiger partial charge in [0.25, 0.3) is 0 Å². The fraction of sp³-hybridized carbons (Fsp3) is 1.00. The summed E-state index contributed by atoms with van der Waals surface area (Å²) < 4.78 is 0. The third kappa shape index (κ3) is 6.79. The van der Waals surface area contributed by atoms with Crippen molar-refractivity contribution in [2.75, 3.05) is 0 Å². The van der Waals surface area contributed by atoms with Gasteiger partial charge in [-0.1, -0.05) is 65.7 Å². The molecule has 2 N–H and O–H groups in total. The van der Waals surface area contributed by atoms with Crippen LogP contribution in [0.1, 0.15) is 97.8 Å². The molecule has 1 aliphatic rings. The average Bonchev–Trinajstić information content (AvgIpc) is 2.59. The molecule has 1 heteroatoms. The van der Waals surface area contributed by atoms with Crippen molar-refractivity contribution in [1.29, 1.82) is 0 Å². The summed E-state index contributed by atoms with van der Waals surface area (Å²) in [7, 11) is 0. The number of unbranched alkanes of at least 4 members (excludes halogenated alkanes) is 5. The Balaban J connectivity index is 2.22. The van der Waals surface area contributed by atoms with Crippen molar-refractivity contribution in [2.45, 2.75) is 104 Å². The molecule has 1 fully saturated rings. The SMILES string of the molecule is CCCCCCCCC(C)(C)C1CCCC(N)CC1. The molecule has 1 nitrogen and oxygen atoms in total. The van der Waals surface area contributed by atoms with E-state index in [1.165, 1.54) is 77.0 Å². The Bertz CT molecular complexity index is 222. The molecule has 0 aliphatic heterocycles. The molecule has 0 saturated heterocycles. The minimum Gasteiger partial charge on any atom is -0.328 e. The summed E-state index contributed by atoms with van der Waals surface area (Å²) >= 11 is 0. The highest BCUT2D eigenvalue weighted by Crippen LogP contribution is 2.40. The van der Waals surface area contributed by atoms with E-state index in [0.717, 1.165) is 5.92 Å². The topological polar surface area (TPSA) is 26.0 Å². The molecular formula is C18H37N. The molecule has 19 heavy (non-hydrogen) atoms. The predicted octanol–water partition coefficient (Wildman–Crippen LogP) is 5.67. The minimum atomic E-state index is 0.481. The van der Waals surface area contributed by atoms with E-state index in [0.29, 0.717) is 11.5 Å². The third-order valence-electron chi connectivity index (χ3n) is 5.29. The van der Waals surface area contributed by atoms with E-state index in [2.05, 4.69) is 20.8 Å². The third-order valence-corrected chi connectivity index (χ3v) is 5.29. The summed E-state index contributed by atoms with van der Waals surface area (Å²) in [5.74, 6) is 0.914. The predicted molar refractivity (Wildman–Crippen MR) is 86.3 cm³/mol. The molecule has 0 spiro atoms. The van der Waals surface area contributed by atoms with Gasteiger partial charge >= 0.3 is 0 Å². The zero-order valence-electron chi connectivity index (χ0n) is 13.7. The zero-order chi connectivity index (χ0) is 14.1. The van der Waals surface area contributed by atoms with Crippen LogP contribution >= 0.6 is 0 Å². The second-order valence-electron chi connectivity index (χ2n) is 7.47. The smallest absolute Gasteiger partial charge is 0.00389 e. The molecule has 1 aliphatic carbocycles. The van der Waals surface area contributed by atoms with Gasteiger partial charge in [-0.25, -0.2) is 0 Å². The van der Waals surface area contributed by atoms with Crippen LogP contribution < -0.4 is 5.73 Å². The maximum Gasteiger partial charge on any atom is 0.00389 e. The van der Waals surface area contributed by atoms with Crippen LogP contribution in [0.2, 0.25) is 0 Å². The van der Waals surface area contributed by atoms with E-state index < -0.39 is 0 Å². The Morgan fingerprint density at radius 2 is 1.58 bits per heavy atom. The second-order valence-corrected chi connectivity index (χ2v) is 7.47. The number of hydrogen-bond donors (Lipinski definition) is 1. The fourth-order valence-electron chi connectivity index (χ4n) is 3.68. The van der Waals surface area contributed by atoms with Crippen LogP contribution in [0.15, 0.2) is 0 Å². The first-order chi connectivity index (χ1) is 9.06. The van der Waals surface area contributed by atoms with E-state index in [1.54, 1.807) is 0 Å². The summed E-state index contributed by atoms with van der Waals surface area (Å²) in [4.78, 5) is 0. The lowest BCUT2D eigenvalue weighted by molar-refractivity contribution is 0.168. The maximum absolute atomic E-state index is 6.11. The first-order valence-corrected chi connectivity index (χ1v) is 8.82. The number of rotatable bonds is 8. The highest BCUT2D eigenvalue weighted by Gasteiger charge is 2.30. The van der Waals surface area contributed by atoms with Gasteiger partial charge < -0.3 is 5.73 Å². The van der Waals surface area contributed by atoms with Crippen molar-refractivity contribution < 1.29 is 0 Å². The lowest BCUT2D eigenvalue weighted by Gasteiger charge is -2.34. The second kappa shape index (κ2) is 9.00. The van der Waals surface area contributed by atoms with Crippen molar-refractivity contribution in [2.24, 2.45) is 17.1 Å². The number of hydrogen-bond acceptors (Lipinski definition) is 1. The molecule has 114 valence electrons. The summed E-state index contributed by atoms with van der Waals surface area (Å²) in [6.07, 6.45) is 16.6. The van der Waals surface area contributed by atoms with Gasteiger partial charge in [0.15, 0.2) is 0 Å². The van der Waals surface area contributed by atoms with Crippen LogP contribution in [0.25, 0.3) is 0 Å². The summed E-state index contributed by atoms with van der Waals surface area (Å²) in [5, 5.41) is 0. The first-order valence-electron chi connectivity index (χ1n) is 8.82.